The first-order valence-electron chi connectivity index (χ1n) is 23.4. The molecule has 26 nitrogen and oxygen atoms in total. The molecule has 0 spiro atoms. The molecule has 3 rings (SSSR count). The molecule has 0 bridgehead atoms. The minimum Gasteiger partial charge on any atom is -0.508 e. The van der Waals surface area contributed by atoms with Crippen molar-refractivity contribution in [1.29, 1.82) is 0 Å². The average molecular weight is 986 g/mol. The van der Waals surface area contributed by atoms with Crippen LogP contribution in [-0.2, 0) is 49.6 Å². The summed E-state index contributed by atoms with van der Waals surface area (Å²) in [6.45, 7) is 5.91. The third-order valence-corrected chi connectivity index (χ3v) is 11.6. The Morgan fingerprint density at radius 2 is 1.07 bits per heavy atom. The molecule has 0 aromatic heterocycles. The van der Waals surface area contributed by atoms with Gasteiger partial charge in [0, 0.05) is 26.1 Å². The van der Waals surface area contributed by atoms with Crippen LogP contribution >= 0.6 is 0 Å². The maximum absolute atomic E-state index is 14.3. The lowest BCUT2D eigenvalue weighted by Gasteiger charge is -2.30. The van der Waals surface area contributed by atoms with Crippen LogP contribution in [0.15, 0.2) is 29.3 Å². The van der Waals surface area contributed by atoms with Gasteiger partial charge in [0.2, 0.25) is 53.2 Å². The van der Waals surface area contributed by atoms with Gasteiger partial charge in [0.05, 0.1) is 0 Å². The molecule has 0 radical (unpaired) electrons. The zero-order valence-corrected chi connectivity index (χ0v) is 40.1. The standard InChI is InChI=1S/C44H71N15O11/c1-23-34(61)51-24(2)37(64)58-32(22-27-14-16-28(60)17-15-27)40(67)56-30(11-7-19-49-43(46)47)39(66)53-25(3)36(63)57-31(12-8-20-50-44(48)70)42(69)59-21-9-13-33(59)41(68)54-26(4)35(62)55-29(38(65)52-23)10-5-6-18-45/h14-17,23-26,29-33,60H,5-13,18-22,45H2,1-4H3,(H,51,61)(H,52,65)(H,53,66)(H,54,68)(H,55,62)(H,56,67)(H,57,63)(H,58,64)(H4,46,47,49)(H3,48,50,70)/t23-,24-,25-,26-,29-,30-,31-,32-,33-/m0/s1. The van der Waals surface area contributed by atoms with Crippen LogP contribution in [0, 0.1) is 0 Å². The van der Waals surface area contributed by atoms with Gasteiger partial charge < -0.3 is 80.8 Å². The SMILES string of the molecule is C[C@@H]1NC(=O)[C@H](C)NC(=O)[C@H](CCCCN)NC(=O)[C@H](C)NC(=O)[C@@H]2CCCN2C(=O)[C@H](CCCNC(N)=O)NC(=O)[C@H](C)NC(=O)[C@H](CCCN=C(N)N)NC(=O)[C@H](Cc2ccc(O)cc2)NC1=O. The lowest BCUT2D eigenvalue weighted by Crippen LogP contribution is -2.59. The first-order chi connectivity index (χ1) is 33.1. The molecule has 9 atom stereocenters. The summed E-state index contributed by atoms with van der Waals surface area (Å²) in [5, 5.41) is 33.1. The van der Waals surface area contributed by atoms with Gasteiger partial charge in [0.15, 0.2) is 5.96 Å². The number of nitrogens with zero attached hydrogens (tertiary/aromatic N) is 2. The van der Waals surface area contributed by atoms with Crippen molar-refractivity contribution in [1.82, 2.24) is 52.8 Å². The number of urea groups is 1. The van der Waals surface area contributed by atoms with Crippen LogP contribution in [0.4, 0.5) is 4.79 Å². The molecule has 1 aromatic carbocycles. The lowest BCUT2D eigenvalue weighted by molar-refractivity contribution is -0.142. The summed E-state index contributed by atoms with van der Waals surface area (Å²) in [6.07, 6.45) is 1.64. The molecular formula is C44H71N15O11. The highest BCUT2D eigenvalue weighted by Crippen LogP contribution is 2.20. The molecule has 18 N–H and O–H groups in total. The molecule has 0 saturated carbocycles. The molecule has 2 saturated heterocycles. The smallest absolute Gasteiger partial charge is 0.312 e. The third kappa shape index (κ3) is 18.7. The Bertz CT molecular complexity index is 2050. The normalized spacial score (nSPS) is 26.1. The fourth-order valence-corrected chi connectivity index (χ4v) is 7.59. The minimum absolute atomic E-state index is 0.0309. The number of nitrogens with one attached hydrogen (secondary N) is 9. The van der Waals surface area contributed by atoms with E-state index >= 15 is 0 Å². The molecule has 0 unspecified atom stereocenters. The number of rotatable bonds is 14. The Labute approximate surface area is 406 Å². The lowest BCUT2D eigenvalue weighted by atomic mass is 10.0. The second-order valence-corrected chi connectivity index (χ2v) is 17.4. The van der Waals surface area contributed by atoms with Crippen molar-refractivity contribution in [2.45, 2.75) is 146 Å². The number of hydrogen-bond acceptors (Lipinski definition) is 13. The molecule has 70 heavy (non-hydrogen) atoms. The zero-order valence-electron chi connectivity index (χ0n) is 40.1. The zero-order chi connectivity index (χ0) is 52.1. The molecule has 11 amide bonds. The number of carbonyl (C=O) groups is 10. The molecule has 26 heteroatoms. The third-order valence-electron chi connectivity index (χ3n) is 11.6. The Kier molecular flexibility index (Phi) is 23.1. The van der Waals surface area contributed by atoms with Gasteiger partial charge in [0.1, 0.15) is 60.1 Å². The van der Waals surface area contributed by atoms with E-state index in [0.717, 1.165) is 0 Å². The second-order valence-electron chi connectivity index (χ2n) is 17.4. The van der Waals surface area contributed by atoms with Crippen LogP contribution in [0.3, 0.4) is 0 Å². The van der Waals surface area contributed by atoms with Gasteiger partial charge in [-0.1, -0.05) is 12.1 Å². The van der Waals surface area contributed by atoms with E-state index in [2.05, 4.69) is 52.8 Å². The first-order valence-corrected chi connectivity index (χ1v) is 23.4. The molecule has 2 aliphatic heterocycles. The number of amides is 11. The molecule has 2 heterocycles. The van der Waals surface area contributed by atoms with Crippen molar-refractivity contribution in [2.75, 3.05) is 26.2 Å². The van der Waals surface area contributed by atoms with Gasteiger partial charge in [0.25, 0.3) is 0 Å². The minimum atomic E-state index is -1.39. The summed E-state index contributed by atoms with van der Waals surface area (Å²) < 4.78 is 0. The maximum atomic E-state index is 14.3. The van der Waals surface area contributed by atoms with E-state index in [0.29, 0.717) is 31.4 Å². The first kappa shape index (κ1) is 57.1. The van der Waals surface area contributed by atoms with Crippen LogP contribution in [0.2, 0.25) is 0 Å². The number of primary amides is 1. The highest BCUT2D eigenvalue weighted by molar-refractivity contribution is 5.99. The fourth-order valence-electron chi connectivity index (χ4n) is 7.59. The summed E-state index contributed by atoms with van der Waals surface area (Å²) >= 11 is 0. The Balaban J connectivity index is 2.06. The predicted molar refractivity (Wildman–Crippen MR) is 254 cm³/mol. The van der Waals surface area contributed by atoms with E-state index in [4.69, 9.17) is 22.9 Å². The predicted octanol–water partition coefficient (Wildman–Crippen LogP) is -4.47. The number of guanidine groups is 1. The Morgan fingerprint density at radius 3 is 1.61 bits per heavy atom. The van der Waals surface area contributed by atoms with Crippen LogP contribution < -0.4 is 70.8 Å². The van der Waals surface area contributed by atoms with Crippen molar-refractivity contribution < 1.29 is 53.1 Å². The van der Waals surface area contributed by atoms with E-state index < -0.39 is 114 Å². The molecule has 2 aliphatic rings. The summed E-state index contributed by atoms with van der Waals surface area (Å²) in [5.41, 5.74) is 22.4. The number of carbonyl (C=O) groups excluding carboxylic acids is 10. The summed E-state index contributed by atoms with van der Waals surface area (Å²) in [6, 6.07) is -6.42. The van der Waals surface area contributed by atoms with Gasteiger partial charge >= 0.3 is 6.03 Å². The van der Waals surface area contributed by atoms with Gasteiger partial charge in [-0.25, -0.2) is 4.79 Å². The quantitative estimate of drug-likeness (QED) is 0.0475. The van der Waals surface area contributed by atoms with Crippen molar-refractivity contribution in [3.05, 3.63) is 29.8 Å². The monoisotopic (exact) mass is 986 g/mol. The Hall–Kier alpha value is -7.25. The molecule has 2 fully saturated rings. The number of phenols is 1. The molecular weight excluding hydrogens is 915 g/mol. The fraction of sp³-hybridized carbons (Fsp3) is 0.614. The average Bonchev–Trinajstić information content (AvgIpc) is 3.80. The number of phenolic OH excluding ortho intramolecular Hbond substituents is 1. The van der Waals surface area contributed by atoms with E-state index in [-0.39, 0.29) is 76.3 Å². The van der Waals surface area contributed by atoms with Gasteiger partial charge in [-0.15, -0.1) is 0 Å². The number of aliphatic imine (C=N–C) groups is 1. The van der Waals surface area contributed by atoms with Crippen LogP contribution in [-0.4, -0.2) is 156 Å². The van der Waals surface area contributed by atoms with Crippen LogP contribution in [0.25, 0.3) is 0 Å². The highest BCUT2D eigenvalue weighted by Gasteiger charge is 2.39. The number of nitrogens with two attached hydrogens (primary N) is 4. The largest absolute Gasteiger partial charge is 0.508 e. The number of fused-ring (bicyclic) bond motifs is 1. The molecule has 388 valence electrons. The summed E-state index contributed by atoms with van der Waals surface area (Å²) in [4.78, 5) is 141. The summed E-state index contributed by atoms with van der Waals surface area (Å²) in [5.74, 6) is -7.26. The van der Waals surface area contributed by atoms with Crippen molar-refractivity contribution in [3.8, 4) is 5.75 Å². The number of aromatic hydroxyl groups is 1. The van der Waals surface area contributed by atoms with E-state index in [9.17, 15) is 53.1 Å². The number of benzene rings is 1. The highest BCUT2D eigenvalue weighted by atomic mass is 16.3. The van der Waals surface area contributed by atoms with Gasteiger partial charge in [-0.05, 0) is 110 Å². The Morgan fingerprint density at radius 1 is 0.614 bits per heavy atom. The molecule has 1 aromatic rings. The number of hydrogen-bond donors (Lipinski definition) is 14. The van der Waals surface area contributed by atoms with Crippen molar-refractivity contribution >= 4 is 65.2 Å². The van der Waals surface area contributed by atoms with E-state index in [1.54, 1.807) is 0 Å². The van der Waals surface area contributed by atoms with Crippen molar-refractivity contribution in [3.63, 3.8) is 0 Å². The second kappa shape index (κ2) is 28.3. The van der Waals surface area contributed by atoms with E-state index in [1.165, 1.54) is 56.9 Å². The van der Waals surface area contributed by atoms with Crippen molar-refractivity contribution in [2.24, 2.45) is 27.9 Å². The van der Waals surface area contributed by atoms with Gasteiger partial charge in [-0.2, -0.15) is 0 Å². The molecule has 0 aliphatic carbocycles. The van der Waals surface area contributed by atoms with Crippen LogP contribution in [0.1, 0.15) is 91.0 Å². The maximum Gasteiger partial charge on any atom is 0.312 e. The van der Waals surface area contributed by atoms with E-state index in [1.807, 2.05) is 0 Å². The van der Waals surface area contributed by atoms with Gasteiger partial charge in [-0.3, -0.25) is 48.1 Å². The number of unbranched alkanes of at least 4 members (excludes halogenated alkanes) is 1. The summed E-state index contributed by atoms with van der Waals surface area (Å²) in [7, 11) is 0. The van der Waals surface area contributed by atoms with Crippen LogP contribution in [0.5, 0.6) is 5.75 Å². The topological polar surface area (TPSA) is 419 Å².